The van der Waals surface area contributed by atoms with E-state index >= 15 is 0 Å². The Morgan fingerprint density at radius 3 is 2.00 bits per heavy atom. The van der Waals surface area contributed by atoms with Crippen LogP contribution in [0.2, 0.25) is 0 Å². The summed E-state index contributed by atoms with van der Waals surface area (Å²) in [5, 5.41) is 9.36. The first kappa shape index (κ1) is 13.9. The van der Waals surface area contributed by atoms with E-state index in [2.05, 4.69) is 26.8 Å². The molecule has 0 aromatic carbocycles. The zero-order valence-corrected chi connectivity index (χ0v) is 11.8. The minimum absolute atomic E-state index is 0.0274. The summed E-state index contributed by atoms with van der Waals surface area (Å²) in [5.74, 6) is 1.14. The molecule has 92 valence electrons. The molecule has 1 fully saturated rings. The van der Waals surface area contributed by atoms with Crippen molar-refractivity contribution in [1.82, 2.24) is 0 Å². The van der Waals surface area contributed by atoms with E-state index in [1.165, 1.54) is 32.1 Å². The Hall–Kier alpha value is -0.160. The molecule has 0 aromatic heterocycles. The van der Waals surface area contributed by atoms with Crippen molar-refractivity contribution in [2.24, 2.45) is 5.41 Å². The van der Waals surface area contributed by atoms with E-state index in [4.69, 9.17) is 0 Å². The zero-order chi connectivity index (χ0) is 12.1. The van der Waals surface area contributed by atoms with Gasteiger partial charge >= 0.3 is 0 Å². The van der Waals surface area contributed by atoms with Crippen LogP contribution in [0.1, 0.15) is 65.7 Å². The van der Waals surface area contributed by atoms with E-state index in [1.54, 1.807) is 0 Å². The van der Waals surface area contributed by atoms with Crippen molar-refractivity contribution in [2.45, 2.75) is 70.5 Å². The number of rotatable bonds is 7. The fraction of sp³-hybridized carbons (Fsp3) is 0.929. The monoisotopic (exact) mass is 239 g/mol. The minimum Gasteiger partial charge on any atom is -0.197 e. The molecule has 0 saturated heterocycles. The van der Waals surface area contributed by atoms with Crippen LogP contribution in [0.3, 0.4) is 0 Å². The van der Waals surface area contributed by atoms with Crippen LogP contribution in [-0.4, -0.2) is 10.5 Å². The highest BCUT2D eigenvalue weighted by molar-refractivity contribution is 8.00. The van der Waals surface area contributed by atoms with Crippen LogP contribution < -0.4 is 0 Å². The quantitative estimate of drug-likeness (QED) is 0.639. The summed E-state index contributed by atoms with van der Waals surface area (Å²) >= 11 is 1.90. The SMILES string of the molecule is CCCSC1(C#N)CC(CCC)(CCC)C1. The third-order valence-electron chi connectivity index (χ3n) is 3.67. The van der Waals surface area contributed by atoms with Gasteiger partial charge < -0.3 is 0 Å². The van der Waals surface area contributed by atoms with Crippen LogP contribution in [0.15, 0.2) is 0 Å². The van der Waals surface area contributed by atoms with Gasteiger partial charge in [-0.1, -0.05) is 33.6 Å². The summed E-state index contributed by atoms with van der Waals surface area (Å²) in [6, 6.07) is 2.58. The van der Waals surface area contributed by atoms with Gasteiger partial charge in [0.25, 0.3) is 0 Å². The number of nitriles is 1. The van der Waals surface area contributed by atoms with E-state index in [0.717, 1.165) is 18.6 Å². The molecule has 0 aromatic rings. The largest absolute Gasteiger partial charge is 0.197 e. The van der Waals surface area contributed by atoms with Crippen LogP contribution in [-0.2, 0) is 0 Å². The standard InChI is InChI=1S/C14H25NS/c1-4-7-13(8-5-2)10-14(11-13,12-15)16-9-6-3/h4-11H2,1-3H3. The first-order chi connectivity index (χ1) is 7.66. The predicted octanol–water partition coefficient (Wildman–Crippen LogP) is 4.77. The fourth-order valence-corrected chi connectivity index (χ4v) is 4.69. The molecule has 2 heteroatoms. The molecule has 0 amide bonds. The summed E-state index contributed by atoms with van der Waals surface area (Å²) < 4.78 is -0.0274. The van der Waals surface area contributed by atoms with Gasteiger partial charge in [-0.3, -0.25) is 0 Å². The average Bonchev–Trinajstić information content (AvgIpc) is 2.23. The minimum atomic E-state index is -0.0274. The molecule has 1 aliphatic carbocycles. The third kappa shape index (κ3) is 2.94. The van der Waals surface area contributed by atoms with Crippen molar-refractivity contribution in [2.75, 3.05) is 5.75 Å². The highest BCUT2D eigenvalue weighted by Gasteiger charge is 2.53. The third-order valence-corrected chi connectivity index (χ3v) is 5.21. The van der Waals surface area contributed by atoms with Gasteiger partial charge in [-0.25, -0.2) is 0 Å². The number of hydrogen-bond acceptors (Lipinski definition) is 2. The summed E-state index contributed by atoms with van der Waals surface area (Å²) in [6.45, 7) is 6.73. The summed E-state index contributed by atoms with van der Waals surface area (Å²) in [7, 11) is 0. The Morgan fingerprint density at radius 1 is 1.06 bits per heavy atom. The van der Waals surface area contributed by atoms with Crippen LogP contribution in [0.4, 0.5) is 0 Å². The molecule has 1 aliphatic rings. The fourth-order valence-electron chi connectivity index (χ4n) is 3.21. The Kier molecular flexibility index (Phi) is 5.18. The van der Waals surface area contributed by atoms with Crippen molar-refractivity contribution in [1.29, 1.82) is 5.26 Å². The molecule has 1 rings (SSSR count). The normalized spacial score (nSPS) is 21.1. The Bertz CT molecular complexity index is 240. The molecule has 0 radical (unpaired) electrons. The summed E-state index contributed by atoms with van der Waals surface area (Å²) in [6.07, 6.45) is 8.63. The van der Waals surface area contributed by atoms with Gasteiger partial charge in [0.1, 0.15) is 4.75 Å². The molecule has 1 nitrogen and oxygen atoms in total. The van der Waals surface area contributed by atoms with Gasteiger partial charge in [-0.05, 0) is 43.3 Å². The van der Waals surface area contributed by atoms with Crippen molar-refractivity contribution >= 4 is 11.8 Å². The smallest absolute Gasteiger partial charge is 0.103 e. The second kappa shape index (κ2) is 5.96. The van der Waals surface area contributed by atoms with Gasteiger partial charge in [0.2, 0.25) is 0 Å². The molecule has 1 saturated carbocycles. The second-order valence-electron chi connectivity index (χ2n) is 5.31. The topological polar surface area (TPSA) is 23.8 Å². The summed E-state index contributed by atoms with van der Waals surface area (Å²) in [4.78, 5) is 0. The first-order valence-corrected chi connectivity index (χ1v) is 7.69. The highest BCUT2D eigenvalue weighted by Crippen LogP contribution is 2.59. The van der Waals surface area contributed by atoms with Crippen molar-refractivity contribution in [3.05, 3.63) is 0 Å². The molecular formula is C14H25NS. The van der Waals surface area contributed by atoms with Crippen molar-refractivity contribution in [3.8, 4) is 6.07 Å². The maximum absolute atomic E-state index is 9.36. The van der Waals surface area contributed by atoms with Crippen LogP contribution in [0.25, 0.3) is 0 Å². The van der Waals surface area contributed by atoms with Gasteiger partial charge in [0.05, 0.1) is 6.07 Å². The first-order valence-electron chi connectivity index (χ1n) is 6.71. The number of hydrogen-bond donors (Lipinski definition) is 0. The Morgan fingerprint density at radius 2 is 1.62 bits per heavy atom. The lowest BCUT2D eigenvalue weighted by Crippen LogP contribution is -2.49. The Labute approximate surface area is 105 Å². The second-order valence-corrected chi connectivity index (χ2v) is 6.79. The average molecular weight is 239 g/mol. The lowest BCUT2D eigenvalue weighted by Gasteiger charge is -2.53. The molecule has 0 bridgehead atoms. The Balaban J connectivity index is 2.55. The number of nitrogens with zero attached hydrogens (tertiary/aromatic N) is 1. The molecule has 0 heterocycles. The van der Waals surface area contributed by atoms with Crippen LogP contribution in [0, 0.1) is 16.7 Å². The molecule has 16 heavy (non-hydrogen) atoms. The molecular weight excluding hydrogens is 214 g/mol. The maximum atomic E-state index is 9.36. The van der Waals surface area contributed by atoms with Gasteiger partial charge in [-0.2, -0.15) is 5.26 Å². The maximum Gasteiger partial charge on any atom is 0.103 e. The van der Waals surface area contributed by atoms with Crippen molar-refractivity contribution in [3.63, 3.8) is 0 Å². The van der Waals surface area contributed by atoms with Gasteiger partial charge in [0.15, 0.2) is 0 Å². The van der Waals surface area contributed by atoms with E-state index in [1.807, 2.05) is 11.8 Å². The van der Waals surface area contributed by atoms with Crippen LogP contribution in [0.5, 0.6) is 0 Å². The lowest BCUT2D eigenvalue weighted by atomic mass is 9.58. The predicted molar refractivity (Wildman–Crippen MR) is 72.6 cm³/mol. The van der Waals surface area contributed by atoms with E-state index in [9.17, 15) is 5.26 Å². The highest BCUT2D eigenvalue weighted by atomic mass is 32.2. The number of thioether (sulfide) groups is 1. The van der Waals surface area contributed by atoms with Crippen LogP contribution >= 0.6 is 11.8 Å². The molecule has 0 atom stereocenters. The van der Waals surface area contributed by atoms with Gasteiger partial charge in [-0.15, -0.1) is 11.8 Å². The van der Waals surface area contributed by atoms with E-state index in [0.29, 0.717) is 5.41 Å². The lowest BCUT2D eigenvalue weighted by molar-refractivity contribution is 0.0831. The zero-order valence-electron chi connectivity index (χ0n) is 11.0. The van der Waals surface area contributed by atoms with Crippen molar-refractivity contribution < 1.29 is 0 Å². The molecule has 0 N–H and O–H groups in total. The molecule has 0 aliphatic heterocycles. The molecule has 0 spiro atoms. The van der Waals surface area contributed by atoms with E-state index < -0.39 is 0 Å². The van der Waals surface area contributed by atoms with E-state index in [-0.39, 0.29) is 4.75 Å². The van der Waals surface area contributed by atoms with Gasteiger partial charge in [0, 0.05) is 0 Å². The summed E-state index contributed by atoms with van der Waals surface area (Å²) in [5.41, 5.74) is 0.514. The molecule has 0 unspecified atom stereocenters.